The lowest BCUT2D eigenvalue weighted by Gasteiger charge is -2.09. The average Bonchev–Trinajstić information content (AvgIpc) is 2.84. The van der Waals surface area contributed by atoms with Crippen LogP contribution in [0.4, 0.5) is 18.0 Å². The number of carbonyl (C=O) groups is 1. The summed E-state index contributed by atoms with van der Waals surface area (Å²) in [5, 5.41) is 8.29. The second-order valence-corrected chi connectivity index (χ2v) is 5.04. The number of nitrogens with zero attached hydrogens (tertiary/aromatic N) is 3. The molecule has 0 aliphatic rings. The Bertz CT molecular complexity index is 696. The van der Waals surface area contributed by atoms with Gasteiger partial charge in [0.05, 0.1) is 12.2 Å². The number of pyridine rings is 1. The smallest absolute Gasteiger partial charge is 0.334 e. The summed E-state index contributed by atoms with van der Waals surface area (Å²) in [5.74, 6) is 0. The lowest BCUT2D eigenvalue weighted by molar-refractivity contribution is -0.142. The van der Waals surface area contributed by atoms with Crippen LogP contribution in [-0.2, 0) is 26.3 Å². The Labute approximate surface area is 130 Å². The van der Waals surface area contributed by atoms with E-state index in [4.69, 9.17) is 0 Å². The van der Waals surface area contributed by atoms with Crippen molar-refractivity contribution in [1.82, 2.24) is 25.4 Å². The summed E-state index contributed by atoms with van der Waals surface area (Å²) >= 11 is 0. The van der Waals surface area contributed by atoms with Gasteiger partial charge in [-0.15, -0.1) is 0 Å². The predicted molar refractivity (Wildman–Crippen MR) is 76.3 cm³/mol. The van der Waals surface area contributed by atoms with Crippen LogP contribution >= 0.6 is 0 Å². The standard InChI is InChI=1S/C14H16F3N5O/c1-9-3-4-18-11(5-9)7-20-13(23)19-6-10-8-22(2)21-12(10)14(15,16)17/h3-5,8H,6-7H2,1-2H3,(H2,19,20,23). The molecule has 6 nitrogen and oxygen atoms in total. The van der Waals surface area contributed by atoms with Gasteiger partial charge in [-0.05, 0) is 24.6 Å². The highest BCUT2D eigenvalue weighted by Gasteiger charge is 2.36. The molecule has 2 rings (SSSR count). The van der Waals surface area contributed by atoms with Crippen molar-refractivity contribution in [2.45, 2.75) is 26.2 Å². The highest BCUT2D eigenvalue weighted by atomic mass is 19.4. The van der Waals surface area contributed by atoms with Crippen molar-refractivity contribution in [1.29, 1.82) is 0 Å². The van der Waals surface area contributed by atoms with Gasteiger partial charge in [-0.3, -0.25) is 9.67 Å². The van der Waals surface area contributed by atoms with Crippen molar-refractivity contribution in [3.8, 4) is 0 Å². The van der Waals surface area contributed by atoms with E-state index in [1.165, 1.54) is 13.2 Å². The van der Waals surface area contributed by atoms with Crippen LogP contribution in [-0.4, -0.2) is 20.8 Å². The van der Waals surface area contributed by atoms with Crippen molar-refractivity contribution in [3.05, 3.63) is 47.0 Å². The van der Waals surface area contributed by atoms with E-state index in [1.807, 2.05) is 19.1 Å². The second kappa shape index (κ2) is 6.67. The fourth-order valence-electron chi connectivity index (χ4n) is 2.01. The highest BCUT2D eigenvalue weighted by Crippen LogP contribution is 2.30. The average molecular weight is 327 g/mol. The highest BCUT2D eigenvalue weighted by molar-refractivity contribution is 5.73. The third-order valence-corrected chi connectivity index (χ3v) is 3.01. The Hall–Kier alpha value is -2.58. The van der Waals surface area contributed by atoms with Crippen molar-refractivity contribution < 1.29 is 18.0 Å². The zero-order valence-electron chi connectivity index (χ0n) is 12.6. The number of aryl methyl sites for hydroxylation is 2. The van der Waals surface area contributed by atoms with Crippen LogP contribution in [0.25, 0.3) is 0 Å². The Morgan fingerprint density at radius 1 is 1.30 bits per heavy atom. The topological polar surface area (TPSA) is 71.8 Å². The molecule has 0 atom stereocenters. The minimum atomic E-state index is -4.56. The number of hydrogen-bond acceptors (Lipinski definition) is 3. The molecule has 9 heteroatoms. The van der Waals surface area contributed by atoms with Gasteiger partial charge < -0.3 is 10.6 Å². The van der Waals surface area contributed by atoms with Crippen molar-refractivity contribution >= 4 is 6.03 Å². The summed E-state index contributed by atoms with van der Waals surface area (Å²) in [5.41, 5.74) is 0.573. The number of aromatic nitrogens is 3. The van der Waals surface area contributed by atoms with E-state index in [2.05, 4.69) is 20.7 Å². The summed E-state index contributed by atoms with van der Waals surface area (Å²) in [4.78, 5) is 15.8. The third kappa shape index (κ3) is 4.70. The molecule has 2 aromatic heterocycles. The summed E-state index contributed by atoms with van der Waals surface area (Å²) in [6.45, 7) is 1.81. The lowest BCUT2D eigenvalue weighted by Crippen LogP contribution is -2.35. The first-order valence-corrected chi connectivity index (χ1v) is 6.78. The fourth-order valence-corrected chi connectivity index (χ4v) is 2.01. The molecule has 0 aromatic carbocycles. The minimum Gasteiger partial charge on any atom is -0.334 e. The summed E-state index contributed by atoms with van der Waals surface area (Å²) in [6.07, 6.45) is -1.71. The molecule has 0 unspecified atom stereocenters. The summed E-state index contributed by atoms with van der Waals surface area (Å²) < 4.78 is 39.4. The molecule has 0 spiro atoms. The fraction of sp³-hybridized carbons (Fsp3) is 0.357. The van der Waals surface area contributed by atoms with E-state index in [1.54, 1.807) is 6.20 Å². The lowest BCUT2D eigenvalue weighted by atomic mass is 10.2. The van der Waals surface area contributed by atoms with Crippen LogP contribution < -0.4 is 10.6 Å². The van der Waals surface area contributed by atoms with Gasteiger partial charge in [0.2, 0.25) is 0 Å². The Morgan fingerprint density at radius 2 is 2.00 bits per heavy atom. The number of alkyl halides is 3. The molecule has 0 radical (unpaired) electrons. The molecule has 0 saturated carbocycles. The predicted octanol–water partition coefficient (Wildman–Crippen LogP) is 2.14. The van der Waals surface area contributed by atoms with Crippen LogP contribution in [0.3, 0.4) is 0 Å². The molecule has 2 N–H and O–H groups in total. The SMILES string of the molecule is Cc1ccnc(CNC(=O)NCc2cn(C)nc2C(F)(F)F)c1. The first-order chi connectivity index (χ1) is 10.8. The molecule has 2 aromatic rings. The number of rotatable bonds is 4. The van der Waals surface area contributed by atoms with E-state index in [0.717, 1.165) is 10.2 Å². The normalized spacial score (nSPS) is 11.3. The zero-order chi connectivity index (χ0) is 17.0. The van der Waals surface area contributed by atoms with Gasteiger partial charge in [0, 0.05) is 31.5 Å². The van der Waals surface area contributed by atoms with Crippen LogP contribution in [0.2, 0.25) is 0 Å². The Balaban J connectivity index is 1.90. The molecule has 2 heterocycles. The van der Waals surface area contributed by atoms with Gasteiger partial charge in [-0.2, -0.15) is 18.3 Å². The van der Waals surface area contributed by atoms with Gasteiger partial charge in [0.25, 0.3) is 0 Å². The maximum Gasteiger partial charge on any atom is 0.435 e. The molecule has 23 heavy (non-hydrogen) atoms. The monoisotopic (exact) mass is 327 g/mol. The largest absolute Gasteiger partial charge is 0.435 e. The van der Waals surface area contributed by atoms with Gasteiger partial charge in [0.15, 0.2) is 5.69 Å². The molecule has 0 aliphatic heterocycles. The van der Waals surface area contributed by atoms with E-state index < -0.39 is 17.9 Å². The van der Waals surface area contributed by atoms with Crippen LogP contribution in [0.5, 0.6) is 0 Å². The molecule has 0 aliphatic carbocycles. The van der Waals surface area contributed by atoms with Crippen LogP contribution in [0, 0.1) is 6.92 Å². The maximum atomic E-state index is 12.8. The van der Waals surface area contributed by atoms with Gasteiger partial charge >= 0.3 is 12.2 Å². The molecule has 0 fully saturated rings. The van der Waals surface area contributed by atoms with E-state index in [9.17, 15) is 18.0 Å². The van der Waals surface area contributed by atoms with Gasteiger partial charge in [0.1, 0.15) is 0 Å². The van der Waals surface area contributed by atoms with Gasteiger partial charge in [-0.1, -0.05) is 0 Å². The quantitative estimate of drug-likeness (QED) is 0.904. The minimum absolute atomic E-state index is 0.0937. The Kier molecular flexibility index (Phi) is 4.87. The molecule has 2 amide bonds. The number of hydrogen-bond donors (Lipinski definition) is 2. The number of carbonyl (C=O) groups excluding carboxylic acids is 1. The zero-order valence-corrected chi connectivity index (χ0v) is 12.6. The molecular formula is C14H16F3N5O. The first kappa shape index (κ1) is 16.8. The second-order valence-electron chi connectivity index (χ2n) is 5.04. The van der Waals surface area contributed by atoms with E-state index in [0.29, 0.717) is 5.69 Å². The maximum absolute atomic E-state index is 12.8. The summed E-state index contributed by atoms with van der Waals surface area (Å²) in [6, 6.07) is 3.05. The van der Waals surface area contributed by atoms with Crippen molar-refractivity contribution in [2.75, 3.05) is 0 Å². The number of halogens is 3. The van der Waals surface area contributed by atoms with Crippen LogP contribution in [0.1, 0.15) is 22.5 Å². The van der Waals surface area contributed by atoms with E-state index in [-0.39, 0.29) is 18.7 Å². The third-order valence-electron chi connectivity index (χ3n) is 3.01. The Morgan fingerprint density at radius 3 is 2.65 bits per heavy atom. The molecule has 0 saturated heterocycles. The summed E-state index contributed by atoms with van der Waals surface area (Å²) in [7, 11) is 1.39. The van der Waals surface area contributed by atoms with Gasteiger partial charge in [-0.25, -0.2) is 4.79 Å². The van der Waals surface area contributed by atoms with Crippen molar-refractivity contribution in [2.24, 2.45) is 7.05 Å². The molecule has 124 valence electrons. The van der Waals surface area contributed by atoms with E-state index >= 15 is 0 Å². The van der Waals surface area contributed by atoms with Crippen LogP contribution in [0.15, 0.2) is 24.5 Å². The molecular weight excluding hydrogens is 311 g/mol. The number of urea groups is 1. The number of amides is 2. The number of nitrogens with one attached hydrogen (secondary N) is 2. The van der Waals surface area contributed by atoms with Crippen molar-refractivity contribution in [3.63, 3.8) is 0 Å². The molecule has 0 bridgehead atoms. The first-order valence-electron chi connectivity index (χ1n) is 6.78.